The lowest BCUT2D eigenvalue weighted by atomic mass is 9.89. The van der Waals surface area contributed by atoms with Gasteiger partial charge in [-0.2, -0.15) is 0 Å². The van der Waals surface area contributed by atoms with Crippen LogP contribution in [0.25, 0.3) is 5.57 Å². The largest absolute Gasteiger partial charge is 0.467 e. The highest BCUT2D eigenvalue weighted by atomic mass is 16.5. The second kappa shape index (κ2) is 4.55. The van der Waals surface area contributed by atoms with Gasteiger partial charge >= 0.3 is 5.97 Å². The number of ether oxygens (including phenoxy) is 1. The summed E-state index contributed by atoms with van der Waals surface area (Å²) in [6, 6.07) is 9.81. The molecular weight excluding hydrogens is 216 g/mol. The van der Waals surface area contributed by atoms with E-state index in [-0.39, 0.29) is 6.42 Å². The normalized spacial score (nSPS) is 23.1. The molecule has 1 aromatic rings. The van der Waals surface area contributed by atoms with Gasteiger partial charge in [0.15, 0.2) is 5.60 Å². The highest BCUT2D eigenvalue weighted by Crippen LogP contribution is 2.27. The number of methoxy groups -OCH3 is 1. The molecule has 0 radical (unpaired) electrons. The lowest BCUT2D eigenvalue weighted by Crippen LogP contribution is -2.38. The molecule has 0 aliphatic heterocycles. The third-order valence-electron chi connectivity index (χ3n) is 2.82. The summed E-state index contributed by atoms with van der Waals surface area (Å²) in [6.07, 6.45) is 5.31. The van der Waals surface area contributed by atoms with Crippen LogP contribution in [0.5, 0.6) is 0 Å². The zero-order valence-electron chi connectivity index (χ0n) is 9.59. The van der Waals surface area contributed by atoms with E-state index in [1.165, 1.54) is 13.2 Å². The molecule has 1 atom stereocenters. The van der Waals surface area contributed by atoms with Crippen molar-refractivity contribution in [2.75, 3.05) is 7.11 Å². The van der Waals surface area contributed by atoms with Crippen molar-refractivity contribution < 1.29 is 14.6 Å². The fourth-order valence-corrected chi connectivity index (χ4v) is 1.80. The second-order valence-electron chi connectivity index (χ2n) is 3.98. The maximum atomic E-state index is 11.4. The number of rotatable bonds is 2. The van der Waals surface area contributed by atoms with Crippen LogP contribution in [0.1, 0.15) is 12.0 Å². The Morgan fingerprint density at radius 2 is 2.06 bits per heavy atom. The van der Waals surface area contributed by atoms with Crippen molar-refractivity contribution in [3.8, 4) is 0 Å². The minimum absolute atomic E-state index is 0.237. The van der Waals surface area contributed by atoms with E-state index in [2.05, 4.69) is 4.74 Å². The van der Waals surface area contributed by atoms with Gasteiger partial charge in [-0.15, -0.1) is 0 Å². The Bertz CT molecular complexity index is 474. The summed E-state index contributed by atoms with van der Waals surface area (Å²) in [5.41, 5.74) is 0.544. The van der Waals surface area contributed by atoms with Gasteiger partial charge in [-0.1, -0.05) is 42.5 Å². The van der Waals surface area contributed by atoms with Gasteiger partial charge in [-0.25, -0.2) is 4.79 Å². The molecule has 0 bridgehead atoms. The Labute approximate surface area is 100 Å². The third kappa shape index (κ3) is 2.29. The van der Waals surface area contributed by atoms with Crippen molar-refractivity contribution in [3.63, 3.8) is 0 Å². The van der Waals surface area contributed by atoms with E-state index in [1.807, 2.05) is 36.4 Å². The van der Waals surface area contributed by atoms with E-state index in [4.69, 9.17) is 0 Å². The van der Waals surface area contributed by atoms with Crippen molar-refractivity contribution in [2.45, 2.75) is 12.0 Å². The maximum absolute atomic E-state index is 11.4. The first-order valence-corrected chi connectivity index (χ1v) is 5.41. The third-order valence-corrected chi connectivity index (χ3v) is 2.82. The molecule has 0 spiro atoms. The fraction of sp³-hybridized carbons (Fsp3) is 0.214. The van der Waals surface area contributed by atoms with Crippen molar-refractivity contribution in [3.05, 3.63) is 54.1 Å². The van der Waals surface area contributed by atoms with Crippen molar-refractivity contribution >= 4 is 11.5 Å². The van der Waals surface area contributed by atoms with Crippen LogP contribution in [0.3, 0.4) is 0 Å². The molecule has 2 rings (SSSR count). The second-order valence-corrected chi connectivity index (χ2v) is 3.98. The van der Waals surface area contributed by atoms with Crippen LogP contribution >= 0.6 is 0 Å². The highest BCUT2D eigenvalue weighted by molar-refractivity contribution is 5.86. The molecular formula is C14H14O3. The van der Waals surface area contributed by atoms with Crippen LogP contribution in [-0.4, -0.2) is 23.8 Å². The SMILES string of the molecule is COC(=O)C1(O)C=CC(c2ccccc2)=CC1. The van der Waals surface area contributed by atoms with Crippen molar-refractivity contribution in [2.24, 2.45) is 0 Å². The Kier molecular flexibility index (Phi) is 3.11. The average molecular weight is 230 g/mol. The molecule has 0 saturated heterocycles. The zero-order valence-corrected chi connectivity index (χ0v) is 9.59. The number of carbonyl (C=O) groups is 1. The topological polar surface area (TPSA) is 46.5 Å². The smallest absolute Gasteiger partial charge is 0.342 e. The number of benzene rings is 1. The van der Waals surface area contributed by atoms with Gasteiger partial charge in [0.1, 0.15) is 0 Å². The van der Waals surface area contributed by atoms with E-state index in [0.717, 1.165) is 11.1 Å². The molecule has 0 fully saturated rings. The number of esters is 1. The molecule has 3 nitrogen and oxygen atoms in total. The van der Waals surface area contributed by atoms with E-state index in [0.29, 0.717) is 0 Å². The van der Waals surface area contributed by atoms with E-state index >= 15 is 0 Å². The highest BCUT2D eigenvalue weighted by Gasteiger charge is 2.34. The molecule has 1 aliphatic rings. The van der Waals surface area contributed by atoms with Crippen molar-refractivity contribution in [1.29, 1.82) is 0 Å². The molecule has 17 heavy (non-hydrogen) atoms. The van der Waals surface area contributed by atoms with Gasteiger partial charge in [0.25, 0.3) is 0 Å². The first-order chi connectivity index (χ1) is 8.15. The summed E-state index contributed by atoms with van der Waals surface area (Å²) in [6.45, 7) is 0. The van der Waals surface area contributed by atoms with Crippen LogP contribution in [-0.2, 0) is 9.53 Å². The zero-order chi connectivity index (χ0) is 12.3. The summed E-state index contributed by atoms with van der Waals surface area (Å²) < 4.78 is 4.56. The number of allylic oxidation sites excluding steroid dienone is 2. The fourth-order valence-electron chi connectivity index (χ4n) is 1.80. The maximum Gasteiger partial charge on any atom is 0.342 e. The number of hydrogen-bond acceptors (Lipinski definition) is 3. The van der Waals surface area contributed by atoms with Crippen LogP contribution < -0.4 is 0 Å². The van der Waals surface area contributed by atoms with Crippen molar-refractivity contribution in [1.82, 2.24) is 0 Å². The molecule has 3 heteroatoms. The predicted molar refractivity (Wildman–Crippen MR) is 65.1 cm³/mol. The number of carbonyl (C=O) groups excluding carboxylic acids is 1. The Balaban J connectivity index is 2.20. The molecule has 1 unspecified atom stereocenters. The molecule has 0 heterocycles. The molecule has 0 aromatic heterocycles. The van der Waals surface area contributed by atoms with Gasteiger partial charge in [-0.05, 0) is 17.2 Å². The number of hydrogen-bond donors (Lipinski definition) is 1. The molecule has 88 valence electrons. The van der Waals surface area contributed by atoms with Crippen LogP contribution in [0.15, 0.2) is 48.6 Å². The summed E-state index contributed by atoms with van der Waals surface area (Å²) >= 11 is 0. The standard InChI is InChI=1S/C14H14O3/c1-17-13(15)14(16)9-7-12(8-10-14)11-5-3-2-4-6-11/h2-9,16H,10H2,1H3. The number of aliphatic hydroxyl groups is 1. The van der Waals surface area contributed by atoms with Crippen LogP contribution in [0, 0.1) is 0 Å². The summed E-state index contributed by atoms with van der Waals surface area (Å²) in [4.78, 5) is 11.4. The first kappa shape index (κ1) is 11.6. The minimum Gasteiger partial charge on any atom is -0.467 e. The van der Waals surface area contributed by atoms with E-state index in [9.17, 15) is 9.90 Å². The predicted octanol–water partition coefficient (Wildman–Crippen LogP) is 1.93. The summed E-state index contributed by atoms with van der Waals surface area (Å²) in [5.74, 6) is -0.628. The molecule has 1 aromatic carbocycles. The molecule has 1 aliphatic carbocycles. The molecule has 0 saturated carbocycles. The van der Waals surface area contributed by atoms with E-state index in [1.54, 1.807) is 6.08 Å². The van der Waals surface area contributed by atoms with Gasteiger partial charge in [0.05, 0.1) is 7.11 Å². The van der Waals surface area contributed by atoms with Gasteiger partial charge in [-0.3, -0.25) is 0 Å². The lowest BCUT2D eigenvalue weighted by Gasteiger charge is -2.23. The minimum atomic E-state index is -1.52. The monoisotopic (exact) mass is 230 g/mol. The Morgan fingerprint density at radius 1 is 1.35 bits per heavy atom. The van der Waals surface area contributed by atoms with Gasteiger partial charge in [0.2, 0.25) is 0 Å². The van der Waals surface area contributed by atoms with Crippen LogP contribution in [0.4, 0.5) is 0 Å². The van der Waals surface area contributed by atoms with Crippen LogP contribution in [0.2, 0.25) is 0 Å². The van der Waals surface area contributed by atoms with Gasteiger partial charge in [0, 0.05) is 6.42 Å². The Hall–Kier alpha value is -1.87. The van der Waals surface area contributed by atoms with Gasteiger partial charge < -0.3 is 9.84 Å². The Morgan fingerprint density at radius 3 is 2.59 bits per heavy atom. The molecule has 0 amide bonds. The summed E-state index contributed by atoms with van der Waals surface area (Å²) in [5, 5.41) is 10.00. The summed E-state index contributed by atoms with van der Waals surface area (Å²) in [7, 11) is 1.27. The average Bonchev–Trinajstić information content (AvgIpc) is 2.39. The molecule has 1 N–H and O–H groups in total. The lowest BCUT2D eigenvalue weighted by molar-refractivity contribution is -0.157. The van der Waals surface area contributed by atoms with E-state index < -0.39 is 11.6 Å². The first-order valence-electron chi connectivity index (χ1n) is 5.41. The quantitative estimate of drug-likeness (QED) is 0.790.